The molecule has 0 fully saturated rings. The molecule has 0 heterocycles. The van der Waals surface area contributed by atoms with Gasteiger partial charge in [-0.1, -0.05) is 13.8 Å². The maximum atomic E-state index is 11.1. The quantitative estimate of drug-likeness (QED) is 0.301. The van der Waals surface area contributed by atoms with E-state index in [1.807, 2.05) is 5.32 Å². The first-order valence-corrected chi connectivity index (χ1v) is 4.79. The third-order valence-corrected chi connectivity index (χ3v) is 1.67. The zero-order valence-electron chi connectivity index (χ0n) is 9.07. The molecule has 0 radical (unpaired) electrons. The van der Waals surface area contributed by atoms with Gasteiger partial charge in [-0.3, -0.25) is 24.5 Å². The Morgan fingerprint density at radius 3 is 2.12 bits per heavy atom. The first kappa shape index (κ1) is 14.2. The molecular weight excluding hydrogens is 216 g/mol. The van der Waals surface area contributed by atoms with Crippen molar-refractivity contribution in [2.24, 2.45) is 0 Å². The molecule has 1 atom stereocenters. The number of hydrogen-bond acceptors (Lipinski definition) is 5. The lowest BCUT2D eigenvalue weighted by Gasteiger charge is -2.08. The lowest BCUT2D eigenvalue weighted by Crippen LogP contribution is -2.46. The highest BCUT2D eigenvalue weighted by molar-refractivity contribution is 6.63. The SMILES string of the molecule is CCC(=O)NC(=O)C(=O)C(=O)NC(O)CC. The molecule has 0 aromatic heterocycles. The van der Waals surface area contributed by atoms with Crippen LogP contribution in [0.1, 0.15) is 26.7 Å². The second kappa shape index (κ2) is 6.67. The highest BCUT2D eigenvalue weighted by atomic mass is 16.3. The zero-order valence-corrected chi connectivity index (χ0v) is 9.07. The lowest BCUT2D eigenvalue weighted by molar-refractivity contribution is -0.147. The third-order valence-electron chi connectivity index (χ3n) is 1.67. The summed E-state index contributed by atoms with van der Waals surface area (Å²) in [5.41, 5.74) is 0. The van der Waals surface area contributed by atoms with Gasteiger partial charge in [0.25, 0.3) is 5.91 Å². The fourth-order valence-corrected chi connectivity index (χ4v) is 0.694. The molecule has 7 heteroatoms. The monoisotopic (exact) mass is 230 g/mol. The van der Waals surface area contributed by atoms with Crippen LogP contribution in [-0.4, -0.2) is 34.8 Å². The summed E-state index contributed by atoms with van der Waals surface area (Å²) in [6, 6.07) is 0. The summed E-state index contributed by atoms with van der Waals surface area (Å²) in [6.07, 6.45) is -0.960. The summed E-state index contributed by atoms with van der Waals surface area (Å²) >= 11 is 0. The Morgan fingerprint density at radius 2 is 1.69 bits per heavy atom. The number of carbonyl (C=O) groups excluding carboxylic acids is 4. The van der Waals surface area contributed by atoms with E-state index < -0.39 is 29.7 Å². The topological polar surface area (TPSA) is 113 Å². The van der Waals surface area contributed by atoms with E-state index in [1.54, 1.807) is 12.2 Å². The number of ketones is 1. The van der Waals surface area contributed by atoms with E-state index in [1.165, 1.54) is 6.92 Å². The first-order chi connectivity index (χ1) is 7.42. The molecule has 0 spiro atoms. The highest BCUT2D eigenvalue weighted by Crippen LogP contribution is 1.85. The maximum Gasteiger partial charge on any atom is 0.307 e. The van der Waals surface area contributed by atoms with Gasteiger partial charge in [0.15, 0.2) is 0 Å². The molecule has 0 saturated heterocycles. The third kappa shape index (κ3) is 4.65. The summed E-state index contributed by atoms with van der Waals surface area (Å²) in [5, 5.41) is 12.6. The largest absolute Gasteiger partial charge is 0.374 e. The van der Waals surface area contributed by atoms with Gasteiger partial charge >= 0.3 is 11.7 Å². The average Bonchev–Trinajstić information content (AvgIpc) is 2.27. The second-order valence-corrected chi connectivity index (χ2v) is 2.96. The van der Waals surface area contributed by atoms with Crippen molar-refractivity contribution in [3.63, 3.8) is 0 Å². The van der Waals surface area contributed by atoms with E-state index in [4.69, 9.17) is 5.11 Å². The van der Waals surface area contributed by atoms with Crippen LogP contribution in [0.25, 0.3) is 0 Å². The molecule has 0 aliphatic carbocycles. The van der Waals surface area contributed by atoms with E-state index in [9.17, 15) is 19.2 Å². The molecule has 0 aromatic rings. The van der Waals surface area contributed by atoms with Crippen molar-refractivity contribution in [2.75, 3.05) is 0 Å². The number of carbonyl (C=O) groups is 4. The molecule has 90 valence electrons. The van der Waals surface area contributed by atoms with Crippen LogP contribution in [0.5, 0.6) is 0 Å². The summed E-state index contributed by atoms with van der Waals surface area (Å²) in [5.74, 6) is -4.60. The first-order valence-electron chi connectivity index (χ1n) is 4.79. The molecule has 1 unspecified atom stereocenters. The molecule has 0 aliphatic heterocycles. The van der Waals surface area contributed by atoms with E-state index in [0.29, 0.717) is 0 Å². The van der Waals surface area contributed by atoms with Gasteiger partial charge in [0.1, 0.15) is 6.23 Å². The van der Waals surface area contributed by atoms with Crippen LogP contribution >= 0.6 is 0 Å². The maximum absolute atomic E-state index is 11.1. The molecule has 7 nitrogen and oxygen atoms in total. The minimum absolute atomic E-state index is 0.0260. The van der Waals surface area contributed by atoms with Crippen LogP contribution in [0.2, 0.25) is 0 Å². The average molecular weight is 230 g/mol. The van der Waals surface area contributed by atoms with Gasteiger partial charge in [0.05, 0.1) is 0 Å². The molecule has 0 aromatic carbocycles. The lowest BCUT2D eigenvalue weighted by atomic mass is 10.3. The number of nitrogens with one attached hydrogen (secondary N) is 2. The van der Waals surface area contributed by atoms with Crippen molar-refractivity contribution in [3.8, 4) is 0 Å². The molecule has 0 saturated carbocycles. The second-order valence-electron chi connectivity index (χ2n) is 2.96. The number of Topliss-reactive ketones (excluding diaryl/α,β-unsaturated/α-hetero) is 1. The molecule has 0 rings (SSSR count). The number of imide groups is 1. The van der Waals surface area contributed by atoms with Crippen molar-refractivity contribution < 1.29 is 24.3 Å². The molecule has 16 heavy (non-hydrogen) atoms. The van der Waals surface area contributed by atoms with E-state index in [2.05, 4.69) is 0 Å². The van der Waals surface area contributed by atoms with Crippen molar-refractivity contribution in [1.82, 2.24) is 10.6 Å². The van der Waals surface area contributed by atoms with Crippen LogP contribution in [-0.2, 0) is 19.2 Å². The van der Waals surface area contributed by atoms with Crippen LogP contribution in [0.3, 0.4) is 0 Å². The molecular formula is C9H14N2O5. The van der Waals surface area contributed by atoms with Gasteiger partial charge in [-0.15, -0.1) is 0 Å². The van der Waals surface area contributed by atoms with Crippen LogP contribution in [0.4, 0.5) is 0 Å². The van der Waals surface area contributed by atoms with Gasteiger partial charge < -0.3 is 10.4 Å². The minimum atomic E-state index is -1.41. The number of amides is 3. The van der Waals surface area contributed by atoms with E-state index >= 15 is 0 Å². The number of aliphatic hydroxyl groups excluding tert-OH is 1. The Morgan fingerprint density at radius 1 is 1.12 bits per heavy atom. The summed E-state index contributed by atoms with van der Waals surface area (Å²) in [4.78, 5) is 43.9. The van der Waals surface area contributed by atoms with E-state index in [0.717, 1.165) is 0 Å². The Hall–Kier alpha value is -1.76. The van der Waals surface area contributed by atoms with E-state index in [-0.39, 0.29) is 12.8 Å². The smallest absolute Gasteiger partial charge is 0.307 e. The standard InChI is InChI=1S/C9H14N2O5/c1-3-5(12)10-8(15)7(14)9(16)11-6(13)4-2/h5,12H,3-4H2,1-2H3,(H,10,15)(H,11,13,16). The van der Waals surface area contributed by atoms with Crippen LogP contribution in [0, 0.1) is 0 Å². The normalized spacial score (nSPS) is 11.4. The number of rotatable bonds is 5. The molecule has 0 bridgehead atoms. The molecule has 3 amide bonds. The van der Waals surface area contributed by atoms with Gasteiger partial charge in [0, 0.05) is 6.42 Å². The number of aliphatic hydroxyl groups is 1. The van der Waals surface area contributed by atoms with Crippen molar-refractivity contribution in [2.45, 2.75) is 32.9 Å². The van der Waals surface area contributed by atoms with Crippen LogP contribution < -0.4 is 10.6 Å². The van der Waals surface area contributed by atoms with Gasteiger partial charge in [-0.2, -0.15) is 0 Å². The van der Waals surface area contributed by atoms with Crippen molar-refractivity contribution in [3.05, 3.63) is 0 Å². The minimum Gasteiger partial charge on any atom is -0.374 e. The Bertz CT molecular complexity index is 313. The predicted octanol–water partition coefficient (Wildman–Crippen LogP) is -1.55. The molecule has 3 N–H and O–H groups in total. The Labute approximate surface area is 92.2 Å². The van der Waals surface area contributed by atoms with Crippen molar-refractivity contribution >= 4 is 23.5 Å². The summed E-state index contributed by atoms with van der Waals surface area (Å²) in [6.45, 7) is 3.07. The van der Waals surface area contributed by atoms with Gasteiger partial charge in [0.2, 0.25) is 5.91 Å². The Kier molecular flexibility index (Phi) is 5.94. The molecule has 0 aliphatic rings. The fourth-order valence-electron chi connectivity index (χ4n) is 0.694. The zero-order chi connectivity index (χ0) is 12.7. The Balaban J connectivity index is 4.28. The fraction of sp³-hybridized carbons (Fsp3) is 0.556. The highest BCUT2D eigenvalue weighted by Gasteiger charge is 2.25. The van der Waals surface area contributed by atoms with Gasteiger partial charge in [-0.25, -0.2) is 0 Å². The summed E-state index contributed by atoms with van der Waals surface area (Å²) < 4.78 is 0. The van der Waals surface area contributed by atoms with Crippen LogP contribution in [0.15, 0.2) is 0 Å². The van der Waals surface area contributed by atoms with Gasteiger partial charge in [-0.05, 0) is 6.42 Å². The predicted molar refractivity (Wildman–Crippen MR) is 52.9 cm³/mol. The summed E-state index contributed by atoms with van der Waals surface area (Å²) in [7, 11) is 0. The number of hydrogen-bond donors (Lipinski definition) is 3. The van der Waals surface area contributed by atoms with Crippen molar-refractivity contribution in [1.29, 1.82) is 0 Å².